The second kappa shape index (κ2) is 9.68. The second-order valence-corrected chi connectivity index (χ2v) is 8.55. The fourth-order valence-corrected chi connectivity index (χ4v) is 4.65. The largest absolute Gasteiger partial charge is 0.481 e. The van der Waals surface area contributed by atoms with Crippen LogP contribution in [0.4, 0.5) is 0 Å². The molecule has 2 rings (SSSR count). The minimum atomic E-state index is -3.45. The van der Waals surface area contributed by atoms with E-state index in [2.05, 4.69) is 5.32 Å². The van der Waals surface area contributed by atoms with Gasteiger partial charge in [0.2, 0.25) is 15.9 Å². The summed E-state index contributed by atoms with van der Waals surface area (Å²) in [6.07, 6.45) is 2.52. The van der Waals surface area contributed by atoms with Gasteiger partial charge in [-0.1, -0.05) is 30.3 Å². The summed E-state index contributed by atoms with van der Waals surface area (Å²) >= 11 is 0. The minimum absolute atomic E-state index is 0.0582. The van der Waals surface area contributed by atoms with Gasteiger partial charge in [0.1, 0.15) is 0 Å². The first kappa shape index (κ1) is 20.4. The summed E-state index contributed by atoms with van der Waals surface area (Å²) in [7, 11) is -3.45. The summed E-state index contributed by atoms with van der Waals surface area (Å²) in [4.78, 5) is 22.7. The number of nitrogens with zero attached hydrogens (tertiary/aromatic N) is 1. The molecule has 1 aliphatic heterocycles. The van der Waals surface area contributed by atoms with Gasteiger partial charge in [0.05, 0.1) is 11.7 Å². The monoisotopic (exact) mass is 382 g/mol. The molecule has 7 nitrogen and oxygen atoms in total. The van der Waals surface area contributed by atoms with E-state index in [0.717, 1.165) is 5.56 Å². The normalized spacial score (nSPS) is 18.4. The zero-order chi connectivity index (χ0) is 19.0. The molecule has 1 unspecified atom stereocenters. The summed E-state index contributed by atoms with van der Waals surface area (Å²) in [5, 5.41) is 11.4. The Morgan fingerprint density at radius 1 is 1.19 bits per heavy atom. The third kappa shape index (κ3) is 6.42. The van der Waals surface area contributed by atoms with E-state index in [-0.39, 0.29) is 30.5 Å². The summed E-state index contributed by atoms with van der Waals surface area (Å²) < 4.78 is 26.7. The molecule has 0 saturated carbocycles. The zero-order valence-corrected chi connectivity index (χ0v) is 15.6. The lowest BCUT2D eigenvalue weighted by Gasteiger charge is -2.31. The zero-order valence-electron chi connectivity index (χ0n) is 14.8. The quantitative estimate of drug-likeness (QED) is 0.632. The van der Waals surface area contributed by atoms with Crippen molar-refractivity contribution in [2.75, 3.05) is 19.6 Å². The maximum Gasteiger partial charge on any atom is 0.303 e. The number of nitrogens with one attached hydrogen (secondary N) is 1. The van der Waals surface area contributed by atoms with Crippen LogP contribution in [0, 0.1) is 5.92 Å². The maximum absolute atomic E-state index is 12.6. The average Bonchev–Trinajstić information content (AvgIpc) is 2.61. The Hall–Kier alpha value is -1.93. The number of piperidine rings is 1. The molecular formula is C18H26N2O5S. The fraction of sp³-hybridized carbons (Fsp3) is 0.556. The molecule has 1 aromatic carbocycles. The van der Waals surface area contributed by atoms with Gasteiger partial charge in [-0.25, -0.2) is 12.7 Å². The van der Waals surface area contributed by atoms with Crippen molar-refractivity contribution in [1.29, 1.82) is 0 Å². The molecule has 1 amide bonds. The Morgan fingerprint density at radius 3 is 2.62 bits per heavy atom. The van der Waals surface area contributed by atoms with E-state index < -0.39 is 16.0 Å². The highest BCUT2D eigenvalue weighted by atomic mass is 32.2. The van der Waals surface area contributed by atoms with Crippen LogP contribution in [0.15, 0.2) is 30.3 Å². The number of benzene rings is 1. The molecule has 2 N–H and O–H groups in total. The summed E-state index contributed by atoms with van der Waals surface area (Å²) in [5.41, 5.74) is 0.734. The number of carboxylic acids is 1. The van der Waals surface area contributed by atoms with Crippen LogP contribution < -0.4 is 5.32 Å². The van der Waals surface area contributed by atoms with Crippen molar-refractivity contribution in [2.45, 2.75) is 37.9 Å². The van der Waals surface area contributed by atoms with E-state index in [9.17, 15) is 18.0 Å². The van der Waals surface area contributed by atoms with Gasteiger partial charge in [-0.2, -0.15) is 0 Å². The topological polar surface area (TPSA) is 104 Å². The summed E-state index contributed by atoms with van der Waals surface area (Å²) in [6, 6.07) is 9.02. The Morgan fingerprint density at radius 2 is 1.92 bits per heavy atom. The van der Waals surface area contributed by atoms with Crippen LogP contribution in [0.1, 0.15) is 37.7 Å². The molecule has 1 saturated heterocycles. The van der Waals surface area contributed by atoms with Gasteiger partial charge in [0.25, 0.3) is 0 Å². The van der Waals surface area contributed by atoms with Crippen LogP contribution >= 0.6 is 0 Å². The third-order valence-electron chi connectivity index (χ3n) is 4.46. The number of unbranched alkanes of at least 4 members (excludes halogenated alkanes) is 1. The number of rotatable bonds is 9. The van der Waals surface area contributed by atoms with Gasteiger partial charge < -0.3 is 10.4 Å². The lowest BCUT2D eigenvalue weighted by Crippen LogP contribution is -2.45. The molecule has 0 aliphatic carbocycles. The molecule has 1 aliphatic rings. The van der Waals surface area contributed by atoms with E-state index in [1.807, 2.05) is 18.2 Å². The van der Waals surface area contributed by atoms with Gasteiger partial charge >= 0.3 is 5.97 Å². The highest BCUT2D eigenvalue weighted by molar-refractivity contribution is 7.88. The number of hydrogen-bond donors (Lipinski definition) is 2. The first-order valence-corrected chi connectivity index (χ1v) is 10.5. The first-order valence-electron chi connectivity index (χ1n) is 8.90. The van der Waals surface area contributed by atoms with Crippen molar-refractivity contribution in [2.24, 2.45) is 5.92 Å². The highest BCUT2D eigenvalue weighted by Gasteiger charge is 2.32. The molecule has 0 bridgehead atoms. The number of carbonyl (C=O) groups excluding carboxylic acids is 1. The molecule has 8 heteroatoms. The van der Waals surface area contributed by atoms with Gasteiger partial charge in [-0.05, 0) is 31.2 Å². The van der Waals surface area contributed by atoms with E-state index in [1.165, 1.54) is 4.31 Å². The van der Waals surface area contributed by atoms with Crippen molar-refractivity contribution in [3.63, 3.8) is 0 Å². The molecule has 144 valence electrons. The fourth-order valence-electron chi connectivity index (χ4n) is 3.04. The molecule has 0 aromatic heterocycles. The number of aliphatic carboxylic acids is 1. The summed E-state index contributed by atoms with van der Waals surface area (Å²) in [6.45, 7) is 1.06. The lowest BCUT2D eigenvalue weighted by atomic mass is 9.99. The second-order valence-electron chi connectivity index (χ2n) is 6.58. The van der Waals surface area contributed by atoms with Gasteiger partial charge in [0.15, 0.2) is 0 Å². The number of hydrogen-bond acceptors (Lipinski definition) is 4. The van der Waals surface area contributed by atoms with Crippen LogP contribution in [0.5, 0.6) is 0 Å². The molecule has 0 radical (unpaired) electrons. The Bertz CT molecular complexity index is 706. The number of carbonyl (C=O) groups is 2. The van der Waals surface area contributed by atoms with Crippen LogP contribution in [0.3, 0.4) is 0 Å². The van der Waals surface area contributed by atoms with Gasteiger partial charge in [-0.15, -0.1) is 0 Å². The first-order chi connectivity index (χ1) is 12.4. The molecule has 0 spiro atoms. The van der Waals surface area contributed by atoms with Crippen molar-refractivity contribution >= 4 is 21.9 Å². The third-order valence-corrected chi connectivity index (χ3v) is 6.27. The van der Waals surface area contributed by atoms with Crippen LogP contribution in [0.25, 0.3) is 0 Å². The lowest BCUT2D eigenvalue weighted by molar-refractivity contribution is -0.137. The molecule has 1 aromatic rings. The van der Waals surface area contributed by atoms with E-state index in [1.54, 1.807) is 12.1 Å². The molecule has 1 fully saturated rings. The van der Waals surface area contributed by atoms with Crippen molar-refractivity contribution < 1.29 is 23.1 Å². The molecule has 1 atom stereocenters. The Kier molecular flexibility index (Phi) is 7.59. The van der Waals surface area contributed by atoms with Crippen LogP contribution in [0.2, 0.25) is 0 Å². The SMILES string of the molecule is O=C(O)CCCCNC(=O)C1CCCN(S(=O)(=O)Cc2ccccc2)C1. The standard InChI is InChI=1S/C18H26N2O5S/c21-17(22)10-4-5-11-19-18(23)16-9-6-12-20(13-16)26(24,25)14-15-7-2-1-3-8-15/h1-3,7-8,16H,4-6,9-14H2,(H,19,23)(H,21,22). The van der Waals surface area contributed by atoms with Gasteiger partial charge in [0, 0.05) is 26.1 Å². The van der Waals surface area contributed by atoms with E-state index in [0.29, 0.717) is 38.8 Å². The predicted octanol–water partition coefficient (Wildman–Crippen LogP) is 1.60. The van der Waals surface area contributed by atoms with Crippen molar-refractivity contribution in [3.8, 4) is 0 Å². The minimum Gasteiger partial charge on any atom is -0.481 e. The van der Waals surface area contributed by atoms with Crippen molar-refractivity contribution in [3.05, 3.63) is 35.9 Å². The molecular weight excluding hydrogens is 356 g/mol. The Balaban J connectivity index is 1.83. The van der Waals surface area contributed by atoms with Crippen LogP contribution in [-0.4, -0.2) is 49.3 Å². The smallest absolute Gasteiger partial charge is 0.303 e. The number of carboxylic acid groups (broad SMARTS) is 1. The van der Waals surface area contributed by atoms with Gasteiger partial charge in [-0.3, -0.25) is 9.59 Å². The Labute approximate surface area is 154 Å². The number of sulfonamides is 1. The van der Waals surface area contributed by atoms with Crippen molar-refractivity contribution in [1.82, 2.24) is 9.62 Å². The maximum atomic E-state index is 12.6. The molecule has 26 heavy (non-hydrogen) atoms. The predicted molar refractivity (Wildman–Crippen MR) is 97.9 cm³/mol. The summed E-state index contributed by atoms with van der Waals surface area (Å²) in [5.74, 6) is -1.41. The van der Waals surface area contributed by atoms with E-state index >= 15 is 0 Å². The van der Waals surface area contributed by atoms with E-state index in [4.69, 9.17) is 5.11 Å². The molecule has 1 heterocycles. The average molecular weight is 382 g/mol. The highest BCUT2D eigenvalue weighted by Crippen LogP contribution is 2.21. The number of amides is 1. The van der Waals surface area contributed by atoms with Crippen LogP contribution in [-0.2, 0) is 25.4 Å².